The minimum Gasteiger partial charge on any atom is -0.352 e. The molecule has 0 atom stereocenters. The summed E-state index contributed by atoms with van der Waals surface area (Å²) in [5.41, 5.74) is 5.32. The van der Waals surface area contributed by atoms with E-state index >= 15 is 0 Å². The van der Waals surface area contributed by atoms with Crippen molar-refractivity contribution >= 4 is 40.3 Å². The lowest BCUT2D eigenvalue weighted by Gasteiger charge is -2.26. The number of halogens is 3. The second-order valence-corrected chi connectivity index (χ2v) is 9.73. The first-order valence-electron chi connectivity index (χ1n) is 12.4. The van der Waals surface area contributed by atoms with Crippen LogP contribution < -0.4 is 10.2 Å². The molecule has 3 aromatic rings. The molecular weight excluding hydrogens is 480 g/mol. The molecule has 1 saturated carbocycles. The van der Waals surface area contributed by atoms with Gasteiger partial charge in [0.1, 0.15) is 12.0 Å². The number of carbonyl (C=O) groups excluding carboxylic acids is 1. The molecule has 0 spiro atoms. The molecule has 0 unspecified atom stereocenters. The van der Waals surface area contributed by atoms with E-state index in [1.54, 1.807) is 24.3 Å². The standard InChI is InChI=1S/C29H28ClF2N3O/c30-15-16-35-26-4-2-1-3-24(26)28(20-7-12-23(32)13-8-20)34-25-17-21(9-14-27(25)35)29(36)33-18-19-5-10-22(31)11-6-19/h1-4,7-9,12-14,17,19,22H,5-6,10-11,15-16,18H2,(H,33,36). The molecule has 1 heterocycles. The van der Waals surface area contributed by atoms with Crippen molar-refractivity contribution in [2.75, 3.05) is 23.9 Å². The Hall–Kier alpha value is -3.25. The van der Waals surface area contributed by atoms with Crippen LogP contribution in [-0.2, 0) is 0 Å². The lowest BCUT2D eigenvalue weighted by Crippen LogP contribution is -2.31. The molecule has 0 saturated heterocycles. The molecule has 5 rings (SSSR count). The largest absolute Gasteiger partial charge is 0.352 e. The highest BCUT2D eigenvalue weighted by molar-refractivity contribution is 6.20. The fourth-order valence-electron chi connectivity index (χ4n) is 5.02. The first-order chi connectivity index (χ1) is 17.5. The molecule has 1 aliphatic heterocycles. The van der Waals surface area contributed by atoms with Crippen LogP contribution in [0.1, 0.15) is 47.2 Å². The Morgan fingerprint density at radius 2 is 1.75 bits per heavy atom. The van der Waals surface area contributed by atoms with Gasteiger partial charge in [-0.1, -0.05) is 18.2 Å². The number of anilines is 2. The third-order valence-corrected chi connectivity index (χ3v) is 7.13. The van der Waals surface area contributed by atoms with Gasteiger partial charge in [0.15, 0.2) is 0 Å². The summed E-state index contributed by atoms with van der Waals surface area (Å²) in [4.78, 5) is 20.1. The van der Waals surface area contributed by atoms with Gasteiger partial charge in [0.25, 0.3) is 5.91 Å². The SMILES string of the molecule is O=C(NCC1CCC(F)CC1)c1ccc2c(c1)N=C(c1ccc(F)cc1)c1ccccc1N2CCCl. The molecule has 4 nitrogen and oxygen atoms in total. The van der Waals surface area contributed by atoms with Gasteiger partial charge in [-0.15, -0.1) is 11.6 Å². The van der Waals surface area contributed by atoms with E-state index in [1.165, 1.54) is 12.1 Å². The minimum absolute atomic E-state index is 0.177. The number of aliphatic imine (C=N–C) groups is 1. The molecule has 0 aromatic heterocycles. The van der Waals surface area contributed by atoms with Gasteiger partial charge in [-0.05, 0) is 80.1 Å². The van der Waals surface area contributed by atoms with Crippen LogP contribution in [0.2, 0.25) is 0 Å². The zero-order valence-corrected chi connectivity index (χ0v) is 20.6. The van der Waals surface area contributed by atoms with Crippen molar-refractivity contribution in [1.29, 1.82) is 0 Å². The Labute approximate surface area is 215 Å². The highest BCUT2D eigenvalue weighted by atomic mass is 35.5. The van der Waals surface area contributed by atoms with Crippen LogP contribution in [0.3, 0.4) is 0 Å². The maximum atomic E-state index is 13.7. The number of carbonyl (C=O) groups is 1. The smallest absolute Gasteiger partial charge is 0.251 e. The summed E-state index contributed by atoms with van der Waals surface area (Å²) in [6, 6.07) is 19.7. The lowest BCUT2D eigenvalue weighted by molar-refractivity contribution is 0.0939. The summed E-state index contributed by atoms with van der Waals surface area (Å²) in [6.07, 6.45) is 2.01. The van der Waals surface area contributed by atoms with E-state index in [9.17, 15) is 13.6 Å². The number of amides is 1. The molecule has 7 heteroatoms. The minimum atomic E-state index is -0.713. The summed E-state index contributed by atoms with van der Waals surface area (Å²) in [5, 5.41) is 3.02. The molecule has 3 aromatic carbocycles. The first-order valence-corrected chi connectivity index (χ1v) is 12.9. The highest BCUT2D eigenvalue weighted by Crippen LogP contribution is 2.41. The van der Waals surface area contributed by atoms with Crippen molar-refractivity contribution in [3.63, 3.8) is 0 Å². The average molecular weight is 508 g/mol. The van der Waals surface area contributed by atoms with Crippen LogP contribution >= 0.6 is 11.6 Å². The van der Waals surface area contributed by atoms with Crippen molar-refractivity contribution in [2.45, 2.75) is 31.9 Å². The fourth-order valence-corrected chi connectivity index (χ4v) is 5.19. The third kappa shape index (κ3) is 5.14. The van der Waals surface area contributed by atoms with Gasteiger partial charge in [-0.25, -0.2) is 13.8 Å². The van der Waals surface area contributed by atoms with Gasteiger partial charge in [0.05, 0.1) is 22.8 Å². The zero-order chi connectivity index (χ0) is 25.1. The van der Waals surface area contributed by atoms with Gasteiger partial charge < -0.3 is 10.2 Å². The molecule has 36 heavy (non-hydrogen) atoms. The number of rotatable bonds is 6. The van der Waals surface area contributed by atoms with Crippen LogP contribution in [0.5, 0.6) is 0 Å². The van der Waals surface area contributed by atoms with Crippen LogP contribution in [0.15, 0.2) is 71.7 Å². The van der Waals surface area contributed by atoms with Gasteiger partial charge in [0.2, 0.25) is 0 Å². The summed E-state index contributed by atoms with van der Waals surface area (Å²) in [5.74, 6) is 0.218. The van der Waals surface area contributed by atoms with E-state index < -0.39 is 6.17 Å². The van der Waals surface area contributed by atoms with Gasteiger partial charge in [-0.3, -0.25) is 4.79 Å². The molecule has 0 radical (unpaired) electrons. The van der Waals surface area contributed by atoms with Crippen molar-refractivity contribution in [1.82, 2.24) is 5.32 Å². The quantitative estimate of drug-likeness (QED) is 0.367. The monoisotopic (exact) mass is 507 g/mol. The van der Waals surface area contributed by atoms with Crippen LogP contribution in [0, 0.1) is 11.7 Å². The van der Waals surface area contributed by atoms with Gasteiger partial charge in [0, 0.05) is 35.7 Å². The summed E-state index contributed by atoms with van der Waals surface area (Å²) in [6.45, 7) is 1.09. The Balaban J connectivity index is 1.51. The first kappa shape index (κ1) is 24.4. The third-order valence-electron chi connectivity index (χ3n) is 6.96. The maximum absolute atomic E-state index is 13.7. The lowest BCUT2D eigenvalue weighted by atomic mass is 9.88. The van der Waals surface area contributed by atoms with E-state index in [0.29, 0.717) is 54.7 Å². The summed E-state index contributed by atoms with van der Waals surface area (Å²) in [7, 11) is 0. The second-order valence-electron chi connectivity index (χ2n) is 9.36. The van der Waals surface area contributed by atoms with Crippen molar-refractivity contribution in [3.8, 4) is 0 Å². The molecular formula is C29H28ClF2N3O. The number of para-hydroxylation sites is 1. The van der Waals surface area contributed by atoms with Gasteiger partial charge >= 0.3 is 0 Å². The molecule has 1 amide bonds. The number of alkyl halides is 2. The van der Waals surface area contributed by atoms with Crippen LogP contribution in [0.25, 0.3) is 0 Å². The van der Waals surface area contributed by atoms with Crippen LogP contribution in [0.4, 0.5) is 25.8 Å². The van der Waals surface area contributed by atoms with Gasteiger partial charge in [-0.2, -0.15) is 0 Å². The Kier molecular flexibility index (Phi) is 7.33. The Bertz CT molecular complexity index is 1270. The van der Waals surface area contributed by atoms with E-state index in [4.69, 9.17) is 16.6 Å². The topological polar surface area (TPSA) is 44.7 Å². The summed E-state index contributed by atoms with van der Waals surface area (Å²) < 4.78 is 27.1. The molecule has 1 aliphatic carbocycles. The van der Waals surface area contributed by atoms with Crippen molar-refractivity contribution in [3.05, 3.63) is 89.2 Å². The number of fused-ring (bicyclic) bond motifs is 2. The Morgan fingerprint density at radius 1 is 1.00 bits per heavy atom. The van der Waals surface area contributed by atoms with Crippen molar-refractivity contribution in [2.24, 2.45) is 10.9 Å². The molecule has 1 N–H and O–H groups in total. The molecule has 2 aliphatic rings. The number of nitrogens with zero attached hydrogens (tertiary/aromatic N) is 2. The predicted octanol–water partition coefficient (Wildman–Crippen LogP) is 6.94. The van der Waals surface area contributed by atoms with Crippen LogP contribution in [-0.4, -0.2) is 36.8 Å². The number of nitrogens with one attached hydrogen (secondary N) is 1. The molecule has 1 fully saturated rings. The molecule has 186 valence electrons. The normalized spacial score (nSPS) is 19.1. The van der Waals surface area contributed by atoms with Crippen molar-refractivity contribution < 1.29 is 13.6 Å². The number of hydrogen-bond donors (Lipinski definition) is 1. The van der Waals surface area contributed by atoms with E-state index in [2.05, 4.69) is 10.2 Å². The molecule has 0 bridgehead atoms. The summed E-state index contributed by atoms with van der Waals surface area (Å²) >= 11 is 6.19. The maximum Gasteiger partial charge on any atom is 0.251 e. The average Bonchev–Trinajstić information content (AvgIpc) is 3.03. The number of hydrogen-bond acceptors (Lipinski definition) is 3. The number of benzene rings is 3. The van der Waals surface area contributed by atoms with E-state index in [1.807, 2.05) is 30.3 Å². The zero-order valence-electron chi connectivity index (χ0n) is 19.9. The highest BCUT2D eigenvalue weighted by Gasteiger charge is 2.25. The second kappa shape index (κ2) is 10.8. The fraction of sp³-hybridized carbons (Fsp3) is 0.310. The Morgan fingerprint density at radius 3 is 2.50 bits per heavy atom. The predicted molar refractivity (Wildman–Crippen MR) is 141 cm³/mol. The van der Waals surface area contributed by atoms with E-state index in [-0.39, 0.29) is 11.7 Å². The van der Waals surface area contributed by atoms with E-state index in [0.717, 1.165) is 35.3 Å².